The Hall–Kier alpha value is -1.38. The second-order valence-electron chi connectivity index (χ2n) is 5.22. The molecule has 0 spiro atoms. The fourth-order valence-electron chi connectivity index (χ4n) is 2.21. The number of methoxy groups -OCH3 is 2. The van der Waals surface area contributed by atoms with Gasteiger partial charge in [0, 0.05) is 12.1 Å². The number of hydrogen-bond donors (Lipinski definition) is 1. The maximum Gasteiger partial charge on any atom is 0.142 e. The summed E-state index contributed by atoms with van der Waals surface area (Å²) in [6, 6.07) is 6.23. The van der Waals surface area contributed by atoms with Crippen LogP contribution < -0.4 is 14.8 Å². The van der Waals surface area contributed by atoms with E-state index in [1.807, 2.05) is 18.2 Å². The van der Waals surface area contributed by atoms with Crippen molar-refractivity contribution in [3.8, 4) is 11.5 Å². The summed E-state index contributed by atoms with van der Waals surface area (Å²) >= 11 is 0. The van der Waals surface area contributed by atoms with Crippen LogP contribution in [-0.2, 0) is 0 Å². The molecule has 1 rings (SSSR count). The molecule has 18 heavy (non-hydrogen) atoms. The van der Waals surface area contributed by atoms with Crippen LogP contribution in [0.5, 0.6) is 11.5 Å². The Bertz CT molecular complexity index is 367. The Morgan fingerprint density at radius 1 is 0.944 bits per heavy atom. The van der Waals surface area contributed by atoms with Gasteiger partial charge in [0.05, 0.1) is 19.9 Å². The van der Waals surface area contributed by atoms with E-state index in [-0.39, 0.29) is 0 Å². The Morgan fingerprint density at radius 2 is 1.56 bits per heavy atom. The van der Waals surface area contributed by atoms with E-state index in [0.717, 1.165) is 17.2 Å². The minimum Gasteiger partial charge on any atom is -0.497 e. The predicted molar refractivity (Wildman–Crippen MR) is 76.6 cm³/mol. The summed E-state index contributed by atoms with van der Waals surface area (Å²) in [6.45, 7) is 8.91. The highest BCUT2D eigenvalue weighted by Crippen LogP contribution is 2.31. The van der Waals surface area contributed by atoms with E-state index < -0.39 is 0 Å². The minimum absolute atomic E-state index is 0.408. The lowest BCUT2D eigenvalue weighted by Gasteiger charge is -2.28. The van der Waals surface area contributed by atoms with Gasteiger partial charge in [0.15, 0.2) is 0 Å². The van der Waals surface area contributed by atoms with Crippen LogP contribution in [0.3, 0.4) is 0 Å². The van der Waals surface area contributed by atoms with Gasteiger partial charge in [0.25, 0.3) is 0 Å². The number of nitrogens with one attached hydrogen (secondary N) is 1. The summed E-state index contributed by atoms with van der Waals surface area (Å²) < 4.78 is 10.6. The molecule has 0 aliphatic rings. The van der Waals surface area contributed by atoms with Crippen LogP contribution in [0.4, 0.5) is 5.69 Å². The van der Waals surface area contributed by atoms with Crippen LogP contribution >= 0.6 is 0 Å². The van der Waals surface area contributed by atoms with E-state index in [2.05, 4.69) is 33.0 Å². The lowest BCUT2D eigenvalue weighted by atomic mass is 9.93. The van der Waals surface area contributed by atoms with Crippen molar-refractivity contribution in [1.82, 2.24) is 0 Å². The zero-order chi connectivity index (χ0) is 13.7. The smallest absolute Gasteiger partial charge is 0.142 e. The molecule has 3 nitrogen and oxygen atoms in total. The molecule has 0 saturated carbocycles. The van der Waals surface area contributed by atoms with Gasteiger partial charge in [-0.3, -0.25) is 0 Å². The molecule has 0 aromatic heterocycles. The molecule has 1 aromatic carbocycles. The lowest BCUT2D eigenvalue weighted by Crippen LogP contribution is -2.31. The maximum absolute atomic E-state index is 5.39. The third-order valence-electron chi connectivity index (χ3n) is 3.17. The Labute approximate surface area is 110 Å². The zero-order valence-electron chi connectivity index (χ0n) is 12.3. The fraction of sp³-hybridized carbons (Fsp3) is 0.600. The number of anilines is 1. The monoisotopic (exact) mass is 251 g/mol. The molecule has 0 atom stereocenters. The second kappa shape index (κ2) is 6.53. The standard InChI is InChI=1S/C15H25NO2/c1-10(2)15(11(3)4)16-13-9-12(17-5)7-8-14(13)18-6/h7-11,15-16H,1-6H3. The van der Waals surface area contributed by atoms with E-state index in [4.69, 9.17) is 9.47 Å². The predicted octanol–water partition coefficient (Wildman–Crippen LogP) is 3.80. The Balaban J connectivity index is 2.99. The number of benzene rings is 1. The molecule has 0 aliphatic heterocycles. The van der Waals surface area contributed by atoms with Gasteiger partial charge in [-0.05, 0) is 24.0 Å². The molecule has 3 heteroatoms. The fourth-order valence-corrected chi connectivity index (χ4v) is 2.21. The third kappa shape index (κ3) is 3.56. The largest absolute Gasteiger partial charge is 0.497 e. The molecule has 0 saturated heterocycles. The van der Waals surface area contributed by atoms with Gasteiger partial charge in [-0.15, -0.1) is 0 Å². The van der Waals surface area contributed by atoms with Gasteiger partial charge in [-0.1, -0.05) is 27.7 Å². The molecule has 0 aliphatic carbocycles. The third-order valence-corrected chi connectivity index (χ3v) is 3.17. The minimum atomic E-state index is 0.408. The van der Waals surface area contributed by atoms with Crippen molar-refractivity contribution < 1.29 is 9.47 Å². The summed E-state index contributed by atoms with van der Waals surface area (Å²) in [5, 5.41) is 3.57. The molecule has 0 unspecified atom stereocenters. The van der Waals surface area contributed by atoms with E-state index in [1.54, 1.807) is 14.2 Å². The molecule has 1 aromatic rings. The van der Waals surface area contributed by atoms with Crippen LogP contribution in [0.15, 0.2) is 18.2 Å². The first-order chi connectivity index (χ1) is 8.49. The molecular formula is C15H25NO2. The normalized spacial score (nSPS) is 11.2. The molecule has 0 radical (unpaired) electrons. The van der Waals surface area contributed by atoms with E-state index in [9.17, 15) is 0 Å². The van der Waals surface area contributed by atoms with Crippen LogP contribution in [0.1, 0.15) is 27.7 Å². The van der Waals surface area contributed by atoms with E-state index in [1.165, 1.54) is 0 Å². The van der Waals surface area contributed by atoms with Crippen molar-refractivity contribution in [2.75, 3.05) is 19.5 Å². The molecule has 0 bridgehead atoms. The Morgan fingerprint density at radius 3 is 2.00 bits per heavy atom. The quantitative estimate of drug-likeness (QED) is 0.834. The number of hydrogen-bond acceptors (Lipinski definition) is 3. The van der Waals surface area contributed by atoms with Crippen LogP contribution in [0, 0.1) is 11.8 Å². The highest BCUT2D eigenvalue weighted by molar-refractivity contribution is 5.60. The highest BCUT2D eigenvalue weighted by atomic mass is 16.5. The number of rotatable bonds is 6. The van der Waals surface area contributed by atoms with Crippen molar-refractivity contribution in [2.24, 2.45) is 11.8 Å². The first-order valence-electron chi connectivity index (χ1n) is 6.48. The van der Waals surface area contributed by atoms with Gasteiger partial charge in [-0.25, -0.2) is 0 Å². The van der Waals surface area contributed by atoms with Crippen molar-refractivity contribution in [1.29, 1.82) is 0 Å². The molecule has 102 valence electrons. The van der Waals surface area contributed by atoms with Crippen LogP contribution in [0.2, 0.25) is 0 Å². The second-order valence-corrected chi connectivity index (χ2v) is 5.22. The van der Waals surface area contributed by atoms with Gasteiger partial charge < -0.3 is 14.8 Å². The molecular weight excluding hydrogens is 226 g/mol. The van der Waals surface area contributed by atoms with Crippen molar-refractivity contribution >= 4 is 5.69 Å². The van der Waals surface area contributed by atoms with Gasteiger partial charge in [0.2, 0.25) is 0 Å². The summed E-state index contributed by atoms with van der Waals surface area (Å²) in [5.74, 6) is 2.80. The average Bonchev–Trinajstić information content (AvgIpc) is 2.34. The highest BCUT2D eigenvalue weighted by Gasteiger charge is 2.19. The van der Waals surface area contributed by atoms with Crippen LogP contribution in [0.25, 0.3) is 0 Å². The summed E-state index contributed by atoms with van der Waals surface area (Å²) in [4.78, 5) is 0. The molecule has 0 amide bonds. The van der Waals surface area contributed by atoms with Crippen molar-refractivity contribution in [3.63, 3.8) is 0 Å². The van der Waals surface area contributed by atoms with Crippen molar-refractivity contribution in [3.05, 3.63) is 18.2 Å². The van der Waals surface area contributed by atoms with Crippen molar-refractivity contribution in [2.45, 2.75) is 33.7 Å². The van der Waals surface area contributed by atoms with Gasteiger partial charge in [0.1, 0.15) is 11.5 Å². The summed E-state index contributed by atoms with van der Waals surface area (Å²) in [6.07, 6.45) is 0. The topological polar surface area (TPSA) is 30.5 Å². The molecule has 1 N–H and O–H groups in total. The summed E-state index contributed by atoms with van der Waals surface area (Å²) in [7, 11) is 3.36. The first-order valence-corrected chi connectivity index (χ1v) is 6.48. The molecule has 0 heterocycles. The number of ether oxygens (including phenoxy) is 2. The van der Waals surface area contributed by atoms with E-state index in [0.29, 0.717) is 17.9 Å². The average molecular weight is 251 g/mol. The first kappa shape index (κ1) is 14.7. The van der Waals surface area contributed by atoms with Crippen LogP contribution in [-0.4, -0.2) is 20.3 Å². The molecule has 0 fully saturated rings. The Kier molecular flexibility index (Phi) is 5.32. The zero-order valence-corrected chi connectivity index (χ0v) is 12.3. The van der Waals surface area contributed by atoms with E-state index >= 15 is 0 Å². The maximum atomic E-state index is 5.39. The lowest BCUT2D eigenvalue weighted by molar-refractivity contribution is 0.394. The SMILES string of the molecule is COc1ccc(OC)c(NC(C(C)C)C(C)C)c1. The van der Waals surface area contributed by atoms with Gasteiger partial charge >= 0.3 is 0 Å². The van der Waals surface area contributed by atoms with Gasteiger partial charge in [-0.2, -0.15) is 0 Å². The summed E-state index contributed by atoms with van der Waals surface area (Å²) in [5.41, 5.74) is 0.990.